The van der Waals surface area contributed by atoms with Crippen LogP contribution < -0.4 is 73.9 Å². The molecule has 120 valence electrons. The first-order chi connectivity index (χ1) is 11.0. The zero-order valence-electron chi connectivity index (χ0n) is 15.0. The average molecular weight is 375 g/mol. The molecule has 0 aliphatic rings. The third kappa shape index (κ3) is 4.86. The second kappa shape index (κ2) is 9.50. The van der Waals surface area contributed by atoms with Gasteiger partial charge in [-0.3, -0.25) is 9.19 Å². The molecule has 0 amide bonds. The molecule has 0 aliphatic heterocycles. The Balaban J connectivity index is 0.00000156. The Morgan fingerprint density at radius 1 is 1.28 bits per heavy atom. The van der Waals surface area contributed by atoms with Gasteiger partial charge >= 0.3 is 59.1 Å². The predicted molar refractivity (Wildman–Crippen MR) is 84.9 cm³/mol. The van der Waals surface area contributed by atoms with Gasteiger partial charge in [0.1, 0.15) is 5.75 Å². The molecule has 1 unspecified atom stereocenters. The number of aryl methyl sites for hydroxylation is 1. The van der Waals surface area contributed by atoms with Gasteiger partial charge in [-0.05, 0) is 48.1 Å². The van der Waals surface area contributed by atoms with Gasteiger partial charge in [-0.2, -0.15) is 0 Å². The molecule has 1 atom stereocenters. The van der Waals surface area contributed by atoms with Crippen molar-refractivity contribution in [3.8, 4) is 11.5 Å². The average Bonchev–Trinajstić information content (AvgIpc) is 2.98. The SMILES string of the molecule is COc1ccc2[n-]c(S(=O)Cc3ncc(C)c([O-])c3C)nc2c1.[Na+].[Na+]. The largest absolute Gasteiger partial charge is 1.00 e. The monoisotopic (exact) mass is 375 g/mol. The maximum Gasteiger partial charge on any atom is 1.00 e. The van der Waals surface area contributed by atoms with Gasteiger partial charge in [0.05, 0.1) is 29.4 Å². The minimum Gasteiger partial charge on any atom is -0.872 e. The van der Waals surface area contributed by atoms with E-state index in [2.05, 4.69) is 15.0 Å². The number of pyridine rings is 1. The van der Waals surface area contributed by atoms with Crippen molar-refractivity contribution in [2.45, 2.75) is 24.8 Å². The minimum atomic E-state index is -1.47. The number of hydrogen-bond acceptors (Lipinski definition) is 5. The Hall–Kier alpha value is -0.410. The van der Waals surface area contributed by atoms with Gasteiger partial charge in [0.2, 0.25) is 0 Å². The summed E-state index contributed by atoms with van der Waals surface area (Å²) in [5, 5.41) is 12.2. The van der Waals surface area contributed by atoms with Gasteiger partial charge in [0.25, 0.3) is 0 Å². The zero-order chi connectivity index (χ0) is 16.6. The first-order valence-corrected chi connectivity index (χ1v) is 8.30. The maximum atomic E-state index is 12.5. The topological polar surface area (TPSA) is 89.2 Å². The van der Waals surface area contributed by atoms with Crippen LogP contribution in [-0.4, -0.2) is 21.3 Å². The molecule has 3 rings (SSSR count). The molecule has 9 heteroatoms. The Morgan fingerprint density at radius 3 is 2.68 bits per heavy atom. The fraction of sp³-hybridized carbons (Fsp3) is 0.250. The maximum absolute atomic E-state index is 12.5. The molecule has 0 N–H and O–H groups in total. The molecule has 25 heavy (non-hydrogen) atoms. The van der Waals surface area contributed by atoms with Gasteiger partial charge in [-0.25, -0.2) is 0 Å². The smallest absolute Gasteiger partial charge is 0.872 e. The van der Waals surface area contributed by atoms with Crippen LogP contribution >= 0.6 is 0 Å². The molecule has 0 fully saturated rings. The number of imidazole rings is 1. The van der Waals surface area contributed by atoms with E-state index in [1.165, 1.54) is 6.20 Å². The molecular weight excluding hydrogens is 360 g/mol. The van der Waals surface area contributed by atoms with Crippen molar-refractivity contribution in [1.29, 1.82) is 0 Å². The number of benzene rings is 1. The summed E-state index contributed by atoms with van der Waals surface area (Å²) in [5.41, 5.74) is 2.92. The van der Waals surface area contributed by atoms with E-state index in [1.807, 2.05) is 0 Å². The van der Waals surface area contributed by atoms with E-state index in [4.69, 9.17) is 4.74 Å². The minimum absolute atomic E-state index is 0. The summed E-state index contributed by atoms with van der Waals surface area (Å²) in [4.78, 5) is 12.8. The van der Waals surface area contributed by atoms with Crippen molar-refractivity contribution < 1.29 is 73.2 Å². The Morgan fingerprint density at radius 2 is 2.00 bits per heavy atom. The second-order valence-corrected chi connectivity index (χ2v) is 6.54. The number of ether oxygens (including phenoxy) is 1. The van der Waals surface area contributed by atoms with Crippen LogP contribution in [0.5, 0.6) is 11.5 Å². The molecular formula is C16H15N3Na2O3S. The van der Waals surface area contributed by atoms with E-state index in [9.17, 15) is 9.32 Å². The van der Waals surface area contributed by atoms with Crippen LogP contribution in [0.25, 0.3) is 11.0 Å². The predicted octanol–water partition coefficient (Wildman–Crippen LogP) is -4.40. The van der Waals surface area contributed by atoms with E-state index in [0.717, 1.165) is 0 Å². The number of rotatable bonds is 4. The van der Waals surface area contributed by atoms with Crippen molar-refractivity contribution in [2.75, 3.05) is 7.11 Å². The quantitative estimate of drug-likeness (QED) is 0.428. The van der Waals surface area contributed by atoms with Crippen molar-refractivity contribution in [1.82, 2.24) is 15.0 Å². The van der Waals surface area contributed by atoms with Gasteiger partial charge < -0.3 is 19.8 Å². The molecule has 2 heterocycles. The molecule has 0 saturated heterocycles. The summed E-state index contributed by atoms with van der Waals surface area (Å²) < 4.78 is 17.6. The summed E-state index contributed by atoms with van der Waals surface area (Å²) in [6.45, 7) is 3.41. The summed E-state index contributed by atoms with van der Waals surface area (Å²) in [7, 11) is 0.107. The molecule has 0 radical (unpaired) electrons. The van der Waals surface area contributed by atoms with E-state index in [1.54, 1.807) is 39.2 Å². The van der Waals surface area contributed by atoms with Crippen LogP contribution in [0.3, 0.4) is 0 Å². The molecule has 0 aliphatic carbocycles. The fourth-order valence-corrected chi connectivity index (χ4v) is 3.31. The van der Waals surface area contributed by atoms with E-state index in [0.29, 0.717) is 33.6 Å². The Bertz CT molecular complexity index is 915. The fourth-order valence-electron chi connectivity index (χ4n) is 2.24. The van der Waals surface area contributed by atoms with Crippen molar-refractivity contribution in [3.05, 3.63) is 41.2 Å². The van der Waals surface area contributed by atoms with E-state index >= 15 is 0 Å². The van der Waals surface area contributed by atoms with Gasteiger partial charge in [0.15, 0.2) is 0 Å². The summed E-state index contributed by atoms with van der Waals surface area (Å²) in [6.07, 6.45) is 1.51. The Kier molecular flexibility index (Phi) is 8.60. The standard InChI is InChI=1S/C16H16N3O3S.2Na/c1-9-7-17-14(10(2)15(9)20)8-23(21)16-18-12-5-4-11(22-3)6-13(12)19-16;;/h4-7H,8H2,1-3H3,(H-,17,18,19,20);;/q-1;2*+1/p-1. The van der Waals surface area contributed by atoms with Gasteiger partial charge in [-0.15, -0.1) is 0 Å². The van der Waals surface area contributed by atoms with Crippen LogP contribution in [0.1, 0.15) is 16.8 Å². The molecule has 1 aromatic carbocycles. The van der Waals surface area contributed by atoms with Crippen LogP contribution in [0, 0.1) is 13.8 Å². The molecule has 3 aromatic rings. The number of nitrogens with zero attached hydrogens (tertiary/aromatic N) is 3. The van der Waals surface area contributed by atoms with Gasteiger partial charge in [0, 0.05) is 11.4 Å². The number of hydrogen-bond donors (Lipinski definition) is 0. The molecule has 2 aromatic heterocycles. The van der Waals surface area contributed by atoms with E-state index < -0.39 is 10.8 Å². The molecule has 6 nitrogen and oxygen atoms in total. The summed E-state index contributed by atoms with van der Waals surface area (Å²) >= 11 is 0. The first-order valence-electron chi connectivity index (χ1n) is 6.98. The zero-order valence-corrected chi connectivity index (χ0v) is 19.8. The van der Waals surface area contributed by atoms with Crippen molar-refractivity contribution in [3.63, 3.8) is 0 Å². The van der Waals surface area contributed by atoms with Crippen LogP contribution in [0.4, 0.5) is 0 Å². The van der Waals surface area contributed by atoms with Crippen LogP contribution in [-0.2, 0) is 16.6 Å². The van der Waals surface area contributed by atoms with E-state index in [-0.39, 0.29) is 75.8 Å². The second-order valence-electron chi connectivity index (χ2n) is 5.19. The Labute approximate surface area is 192 Å². The number of aromatic nitrogens is 3. The molecule has 0 saturated carbocycles. The van der Waals surface area contributed by atoms with Crippen molar-refractivity contribution >= 4 is 21.8 Å². The van der Waals surface area contributed by atoms with Crippen LogP contribution in [0.15, 0.2) is 29.6 Å². The summed E-state index contributed by atoms with van der Waals surface area (Å²) in [5.74, 6) is 0.724. The third-order valence-corrected chi connectivity index (χ3v) is 4.76. The molecule has 0 bridgehead atoms. The third-order valence-electron chi connectivity index (χ3n) is 3.63. The normalized spacial score (nSPS) is 11.5. The first kappa shape index (κ1) is 22.6. The van der Waals surface area contributed by atoms with Crippen molar-refractivity contribution in [2.24, 2.45) is 0 Å². The van der Waals surface area contributed by atoms with Gasteiger partial charge in [-0.1, -0.05) is 11.8 Å². The molecule has 0 spiro atoms. The van der Waals surface area contributed by atoms with Crippen LogP contribution in [0.2, 0.25) is 0 Å². The number of fused-ring (bicyclic) bond motifs is 1. The number of methoxy groups -OCH3 is 1. The summed E-state index contributed by atoms with van der Waals surface area (Å²) in [6, 6.07) is 5.29.